The first-order valence-electron chi connectivity index (χ1n) is 5.69. The predicted octanol–water partition coefficient (Wildman–Crippen LogP) is 2.72. The molecule has 1 rings (SSSR count). The van der Waals surface area contributed by atoms with Crippen molar-refractivity contribution < 1.29 is 5.11 Å². The summed E-state index contributed by atoms with van der Waals surface area (Å²) in [5.41, 5.74) is 7.03. The van der Waals surface area contributed by atoms with Crippen LogP contribution in [0.4, 0.5) is 0 Å². The number of aliphatic hydroxyl groups is 1. The third kappa shape index (κ3) is 2.57. The Morgan fingerprint density at radius 2 is 2.19 bits per heavy atom. The van der Waals surface area contributed by atoms with Crippen LogP contribution in [0.15, 0.2) is 24.3 Å². The number of hydrogen-bond acceptors (Lipinski definition) is 2. The molecule has 2 nitrogen and oxygen atoms in total. The summed E-state index contributed by atoms with van der Waals surface area (Å²) in [4.78, 5) is 0. The van der Waals surface area contributed by atoms with E-state index in [4.69, 9.17) is 17.3 Å². The Morgan fingerprint density at radius 3 is 2.62 bits per heavy atom. The molecule has 16 heavy (non-hydrogen) atoms. The molecule has 0 aliphatic rings. The molecule has 1 aromatic rings. The van der Waals surface area contributed by atoms with Crippen molar-refractivity contribution in [1.82, 2.24) is 0 Å². The lowest BCUT2D eigenvalue weighted by atomic mass is 9.71. The van der Waals surface area contributed by atoms with Gasteiger partial charge in [0.25, 0.3) is 0 Å². The molecule has 2 unspecified atom stereocenters. The average molecular weight is 242 g/mol. The van der Waals surface area contributed by atoms with Gasteiger partial charge in [0, 0.05) is 23.1 Å². The highest BCUT2D eigenvalue weighted by molar-refractivity contribution is 6.30. The van der Waals surface area contributed by atoms with Gasteiger partial charge in [-0.1, -0.05) is 30.7 Å². The van der Waals surface area contributed by atoms with E-state index < -0.39 is 0 Å². The third-order valence-corrected chi connectivity index (χ3v) is 3.70. The Balaban J connectivity index is 3.18. The SMILES string of the molecule is CCC(CCO)(c1cccc(Cl)c1)C(C)N. The Labute approximate surface area is 102 Å². The molecule has 0 saturated heterocycles. The van der Waals surface area contributed by atoms with Gasteiger partial charge < -0.3 is 10.8 Å². The molecule has 0 fully saturated rings. The molecule has 0 amide bonds. The number of aliphatic hydroxyl groups excluding tert-OH is 1. The summed E-state index contributed by atoms with van der Waals surface area (Å²) in [6, 6.07) is 7.76. The van der Waals surface area contributed by atoms with Gasteiger partial charge in [-0.3, -0.25) is 0 Å². The van der Waals surface area contributed by atoms with Crippen molar-refractivity contribution in [1.29, 1.82) is 0 Å². The summed E-state index contributed by atoms with van der Waals surface area (Å²) in [5, 5.41) is 9.94. The van der Waals surface area contributed by atoms with Crippen LogP contribution in [0.25, 0.3) is 0 Å². The third-order valence-electron chi connectivity index (χ3n) is 3.46. The van der Waals surface area contributed by atoms with Gasteiger partial charge in [-0.15, -0.1) is 0 Å². The summed E-state index contributed by atoms with van der Waals surface area (Å²) in [5.74, 6) is 0. The van der Waals surface area contributed by atoms with Crippen molar-refractivity contribution in [3.63, 3.8) is 0 Å². The van der Waals surface area contributed by atoms with Crippen LogP contribution in [0.5, 0.6) is 0 Å². The minimum Gasteiger partial charge on any atom is -0.396 e. The van der Waals surface area contributed by atoms with Crippen LogP contribution >= 0.6 is 11.6 Å². The molecule has 90 valence electrons. The van der Waals surface area contributed by atoms with Gasteiger partial charge in [0.2, 0.25) is 0 Å². The molecular weight excluding hydrogens is 222 g/mol. The van der Waals surface area contributed by atoms with E-state index in [1.165, 1.54) is 0 Å². The van der Waals surface area contributed by atoms with E-state index in [0.717, 1.165) is 12.0 Å². The summed E-state index contributed by atoms with van der Waals surface area (Å²) < 4.78 is 0. The summed E-state index contributed by atoms with van der Waals surface area (Å²) in [6.07, 6.45) is 1.56. The van der Waals surface area contributed by atoms with Gasteiger partial charge >= 0.3 is 0 Å². The van der Waals surface area contributed by atoms with E-state index in [2.05, 4.69) is 6.92 Å². The number of benzene rings is 1. The first-order chi connectivity index (χ1) is 7.56. The highest BCUT2D eigenvalue weighted by Crippen LogP contribution is 2.35. The lowest BCUT2D eigenvalue weighted by Crippen LogP contribution is -2.43. The first-order valence-corrected chi connectivity index (χ1v) is 6.07. The molecular formula is C13H20ClNO. The molecule has 0 bridgehead atoms. The smallest absolute Gasteiger partial charge is 0.0440 e. The standard InChI is InChI=1S/C13H20ClNO/c1-3-13(7-8-16,10(2)15)11-5-4-6-12(14)9-11/h4-6,9-10,16H,3,7-8,15H2,1-2H3. The quantitative estimate of drug-likeness (QED) is 0.833. The molecule has 0 saturated carbocycles. The molecule has 0 spiro atoms. The fourth-order valence-corrected chi connectivity index (χ4v) is 2.53. The monoisotopic (exact) mass is 241 g/mol. The Hall–Kier alpha value is -0.570. The van der Waals surface area contributed by atoms with Crippen LogP contribution in [0.2, 0.25) is 5.02 Å². The molecule has 3 heteroatoms. The Bertz CT molecular complexity index is 340. The van der Waals surface area contributed by atoms with Crippen LogP contribution in [0.3, 0.4) is 0 Å². The number of halogens is 1. The average Bonchev–Trinajstić information content (AvgIpc) is 2.25. The minimum atomic E-state index is -0.181. The zero-order chi connectivity index (χ0) is 12.2. The molecule has 0 radical (unpaired) electrons. The van der Waals surface area contributed by atoms with E-state index in [0.29, 0.717) is 11.4 Å². The second-order valence-corrected chi connectivity index (χ2v) is 4.72. The van der Waals surface area contributed by atoms with Crippen molar-refractivity contribution in [3.8, 4) is 0 Å². The lowest BCUT2D eigenvalue weighted by Gasteiger charge is -2.37. The summed E-state index contributed by atoms with van der Waals surface area (Å²) in [7, 11) is 0. The fraction of sp³-hybridized carbons (Fsp3) is 0.538. The predicted molar refractivity (Wildman–Crippen MR) is 68.8 cm³/mol. The van der Waals surface area contributed by atoms with Crippen LogP contribution in [-0.2, 0) is 5.41 Å². The largest absolute Gasteiger partial charge is 0.396 e. The van der Waals surface area contributed by atoms with Gasteiger partial charge in [-0.05, 0) is 37.5 Å². The van der Waals surface area contributed by atoms with E-state index in [1.54, 1.807) is 0 Å². The Morgan fingerprint density at radius 1 is 1.50 bits per heavy atom. The van der Waals surface area contributed by atoms with Gasteiger partial charge in [0.05, 0.1) is 0 Å². The molecule has 2 atom stereocenters. The number of hydrogen-bond donors (Lipinski definition) is 2. The highest BCUT2D eigenvalue weighted by Gasteiger charge is 2.33. The zero-order valence-electron chi connectivity index (χ0n) is 9.91. The van der Waals surface area contributed by atoms with Crippen molar-refractivity contribution in [2.75, 3.05) is 6.61 Å². The second-order valence-electron chi connectivity index (χ2n) is 4.28. The van der Waals surface area contributed by atoms with Gasteiger partial charge in [0.1, 0.15) is 0 Å². The summed E-state index contributed by atoms with van der Waals surface area (Å²) in [6.45, 7) is 4.22. The van der Waals surface area contributed by atoms with Crippen LogP contribution < -0.4 is 5.73 Å². The van der Waals surface area contributed by atoms with Crippen molar-refractivity contribution in [3.05, 3.63) is 34.9 Å². The molecule has 0 aliphatic carbocycles. The van der Waals surface area contributed by atoms with Crippen LogP contribution in [0, 0.1) is 0 Å². The second kappa shape index (κ2) is 5.67. The minimum absolute atomic E-state index is 0.0110. The van der Waals surface area contributed by atoms with Crippen LogP contribution in [0.1, 0.15) is 32.3 Å². The number of nitrogens with two attached hydrogens (primary N) is 1. The van der Waals surface area contributed by atoms with Gasteiger partial charge in [-0.25, -0.2) is 0 Å². The van der Waals surface area contributed by atoms with Crippen LogP contribution in [-0.4, -0.2) is 17.8 Å². The first kappa shape index (κ1) is 13.5. The van der Waals surface area contributed by atoms with E-state index in [1.807, 2.05) is 31.2 Å². The van der Waals surface area contributed by atoms with Gasteiger partial charge in [-0.2, -0.15) is 0 Å². The maximum Gasteiger partial charge on any atom is 0.0440 e. The number of rotatable bonds is 5. The Kier molecular flexibility index (Phi) is 4.78. The molecule has 3 N–H and O–H groups in total. The van der Waals surface area contributed by atoms with Crippen molar-refractivity contribution >= 4 is 11.6 Å². The topological polar surface area (TPSA) is 46.2 Å². The maximum atomic E-state index is 9.22. The van der Waals surface area contributed by atoms with E-state index in [9.17, 15) is 5.11 Å². The lowest BCUT2D eigenvalue weighted by molar-refractivity contribution is 0.213. The molecule has 0 aromatic heterocycles. The van der Waals surface area contributed by atoms with E-state index in [-0.39, 0.29) is 18.1 Å². The zero-order valence-corrected chi connectivity index (χ0v) is 10.7. The van der Waals surface area contributed by atoms with E-state index >= 15 is 0 Å². The van der Waals surface area contributed by atoms with Crippen molar-refractivity contribution in [2.45, 2.75) is 38.1 Å². The molecule has 0 heterocycles. The summed E-state index contributed by atoms with van der Waals surface area (Å²) >= 11 is 6.01. The molecule has 1 aromatic carbocycles. The maximum absolute atomic E-state index is 9.22. The van der Waals surface area contributed by atoms with Crippen molar-refractivity contribution in [2.24, 2.45) is 5.73 Å². The fourth-order valence-electron chi connectivity index (χ4n) is 2.34. The van der Waals surface area contributed by atoms with Gasteiger partial charge in [0.15, 0.2) is 0 Å². The molecule has 0 aliphatic heterocycles. The normalized spacial score (nSPS) is 16.8. The highest BCUT2D eigenvalue weighted by atomic mass is 35.5.